The van der Waals surface area contributed by atoms with Crippen LogP contribution in [-0.2, 0) is 4.79 Å². The first-order valence-corrected chi connectivity index (χ1v) is 5.07. The summed E-state index contributed by atoms with van der Waals surface area (Å²) in [6.45, 7) is 3.81. The van der Waals surface area contributed by atoms with Crippen molar-refractivity contribution in [2.45, 2.75) is 26.2 Å². The first kappa shape index (κ1) is 7.99. The quantitative estimate of drug-likeness (QED) is 0.684. The zero-order valence-electron chi connectivity index (χ0n) is 7.33. The lowest BCUT2D eigenvalue weighted by atomic mass is 10.2. The van der Waals surface area contributed by atoms with Gasteiger partial charge in [-0.2, -0.15) is 0 Å². The van der Waals surface area contributed by atoms with E-state index in [1.54, 1.807) is 6.92 Å². The Morgan fingerprint density at radius 1 is 1.58 bits per heavy atom. The minimum Gasteiger partial charge on any atom is -0.300 e. The summed E-state index contributed by atoms with van der Waals surface area (Å²) in [5.74, 6) is 1.25. The van der Waals surface area contributed by atoms with Crippen molar-refractivity contribution >= 4 is 17.1 Å². The lowest BCUT2D eigenvalue weighted by molar-refractivity contribution is -0.118. The van der Waals surface area contributed by atoms with Crippen molar-refractivity contribution in [3.8, 4) is 0 Å². The molecule has 1 aliphatic carbocycles. The Morgan fingerprint density at radius 3 is 2.75 bits per heavy atom. The van der Waals surface area contributed by atoms with Gasteiger partial charge in [0.2, 0.25) is 0 Å². The smallest absolute Gasteiger partial charge is 0.133 e. The molecule has 2 heteroatoms. The molecule has 0 spiro atoms. The molecule has 1 aromatic rings. The van der Waals surface area contributed by atoms with Crippen LogP contribution in [0.25, 0.3) is 0 Å². The van der Waals surface area contributed by atoms with Gasteiger partial charge in [-0.15, -0.1) is 11.3 Å². The van der Waals surface area contributed by atoms with E-state index in [4.69, 9.17) is 0 Å². The summed E-state index contributed by atoms with van der Waals surface area (Å²) in [5, 5.41) is 0. The van der Waals surface area contributed by atoms with E-state index in [1.165, 1.54) is 9.75 Å². The van der Waals surface area contributed by atoms with Gasteiger partial charge in [0.25, 0.3) is 0 Å². The first-order valence-electron chi connectivity index (χ1n) is 4.25. The second kappa shape index (κ2) is 2.70. The number of hydrogen-bond donors (Lipinski definition) is 0. The van der Waals surface area contributed by atoms with Crippen LogP contribution in [0.2, 0.25) is 0 Å². The summed E-state index contributed by atoms with van der Waals surface area (Å²) in [6.07, 6.45) is 1.08. The van der Waals surface area contributed by atoms with Gasteiger partial charge < -0.3 is 0 Å². The number of rotatable bonds is 2. The van der Waals surface area contributed by atoms with Crippen molar-refractivity contribution in [2.24, 2.45) is 5.92 Å². The molecule has 1 saturated carbocycles. The van der Waals surface area contributed by atoms with Crippen LogP contribution >= 0.6 is 11.3 Å². The monoisotopic (exact) mass is 180 g/mol. The molecule has 1 nitrogen and oxygen atoms in total. The third-order valence-corrected chi connectivity index (χ3v) is 3.57. The van der Waals surface area contributed by atoms with E-state index >= 15 is 0 Å². The van der Waals surface area contributed by atoms with Gasteiger partial charge in [-0.25, -0.2) is 0 Å². The summed E-state index contributed by atoms with van der Waals surface area (Å²) in [5.41, 5.74) is 0. The van der Waals surface area contributed by atoms with Gasteiger partial charge in [-0.3, -0.25) is 4.79 Å². The average molecular weight is 180 g/mol. The predicted octanol–water partition coefficient (Wildman–Crippen LogP) is 2.75. The van der Waals surface area contributed by atoms with Crippen LogP contribution in [0.3, 0.4) is 0 Å². The lowest BCUT2D eigenvalue weighted by Crippen LogP contribution is -1.93. The maximum absolute atomic E-state index is 11.0. The highest BCUT2D eigenvalue weighted by Gasteiger charge is 2.42. The fourth-order valence-electron chi connectivity index (χ4n) is 1.61. The maximum Gasteiger partial charge on any atom is 0.133 e. The Balaban J connectivity index is 2.10. The highest BCUT2D eigenvalue weighted by atomic mass is 32.1. The topological polar surface area (TPSA) is 17.1 Å². The number of ketones is 1. The highest BCUT2D eigenvalue weighted by molar-refractivity contribution is 7.12. The Morgan fingerprint density at radius 2 is 2.33 bits per heavy atom. The summed E-state index contributed by atoms with van der Waals surface area (Å²) in [4.78, 5) is 13.7. The average Bonchev–Trinajstić information content (AvgIpc) is 2.70. The molecule has 0 amide bonds. The zero-order chi connectivity index (χ0) is 8.72. The zero-order valence-corrected chi connectivity index (χ0v) is 8.15. The Hall–Kier alpha value is -0.630. The van der Waals surface area contributed by atoms with E-state index in [9.17, 15) is 4.79 Å². The number of aryl methyl sites for hydroxylation is 1. The van der Waals surface area contributed by atoms with E-state index in [2.05, 4.69) is 19.1 Å². The second-order valence-corrected chi connectivity index (χ2v) is 4.83. The van der Waals surface area contributed by atoms with E-state index in [0.29, 0.717) is 17.6 Å². The molecule has 64 valence electrons. The number of carbonyl (C=O) groups excluding carboxylic acids is 1. The Kier molecular flexibility index (Phi) is 1.80. The van der Waals surface area contributed by atoms with Crippen molar-refractivity contribution < 1.29 is 4.79 Å². The molecule has 2 rings (SSSR count). The maximum atomic E-state index is 11.0. The van der Waals surface area contributed by atoms with Crippen LogP contribution in [0.5, 0.6) is 0 Å². The molecular weight excluding hydrogens is 168 g/mol. The molecule has 0 N–H and O–H groups in total. The summed E-state index contributed by atoms with van der Waals surface area (Å²) in [7, 11) is 0. The molecule has 0 saturated heterocycles. The van der Waals surface area contributed by atoms with Gasteiger partial charge in [-0.05, 0) is 32.4 Å². The van der Waals surface area contributed by atoms with Crippen LogP contribution in [0, 0.1) is 12.8 Å². The highest BCUT2D eigenvalue weighted by Crippen LogP contribution is 2.49. The molecule has 12 heavy (non-hydrogen) atoms. The van der Waals surface area contributed by atoms with Crippen LogP contribution in [0.4, 0.5) is 0 Å². The summed E-state index contributed by atoms with van der Waals surface area (Å²) < 4.78 is 0. The molecule has 1 aromatic heterocycles. The van der Waals surface area contributed by atoms with E-state index in [1.807, 2.05) is 11.3 Å². The standard InChI is InChI=1S/C10H12OS/c1-6-3-4-10(12-6)9-5-8(9)7(2)11/h3-4,8-9H,5H2,1-2H3. The van der Waals surface area contributed by atoms with Gasteiger partial charge in [0.05, 0.1) is 0 Å². The SMILES string of the molecule is CC(=O)C1CC1c1ccc(C)s1. The number of thiophene rings is 1. The lowest BCUT2D eigenvalue weighted by Gasteiger charge is -1.90. The molecule has 0 bridgehead atoms. The van der Waals surface area contributed by atoms with Crippen molar-refractivity contribution in [3.05, 3.63) is 21.9 Å². The van der Waals surface area contributed by atoms with Crippen LogP contribution in [-0.4, -0.2) is 5.78 Å². The second-order valence-electron chi connectivity index (χ2n) is 3.51. The normalized spacial score (nSPS) is 27.2. The van der Waals surface area contributed by atoms with E-state index < -0.39 is 0 Å². The summed E-state index contributed by atoms with van der Waals surface area (Å²) in [6, 6.07) is 4.29. The van der Waals surface area contributed by atoms with Crippen molar-refractivity contribution in [2.75, 3.05) is 0 Å². The van der Waals surface area contributed by atoms with E-state index in [0.717, 1.165) is 6.42 Å². The molecule has 1 heterocycles. The van der Waals surface area contributed by atoms with Crippen molar-refractivity contribution in [1.82, 2.24) is 0 Å². The Labute approximate surface area is 76.4 Å². The number of carbonyl (C=O) groups is 1. The van der Waals surface area contributed by atoms with Gasteiger partial charge in [0.15, 0.2) is 0 Å². The van der Waals surface area contributed by atoms with Crippen LogP contribution in [0.15, 0.2) is 12.1 Å². The third kappa shape index (κ3) is 1.31. The number of hydrogen-bond acceptors (Lipinski definition) is 2. The van der Waals surface area contributed by atoms with Gasteiger partial charge >= 0.3 is 0 Å². The largest absolute Gasteiger partial charge is 0.300 e. The molecule has 2 unspecified atom stereocenters. The molecule has 2 atom stereocenters. The Bertz CT molecular complexity index is 313. The minimum absolute atomic E-state index is 0.336. The van der Waals surface area contributed by atoms with Gasteiger partial charge in [0.1, 0.15) is 5.78 Å². The van der Waals surface area contributed by atoms with Crippen molar-refractivity contribution in [3.63, 3.8) is 0 Å². The molecule has 1 aliphatic rings. The van der Waals surface area contributed by atoms with E-state index in [-0.39, 0.29) is 0 Å². The first-order chi connectivity index (χ1) is 5.68. The molecular formula is C10H12OS. The number of Topliss-reactive ketones (excluding diaryl/α,β-unsaturated/α-hetero) is 1. The van der Waals surface area contributed by atoms with Crippen molar-refractivity contribution in [1.29, 1.82) is 0 Å². The summed E-state index contributed by atoms with van der Waals surface area (Å²) >= 11 is 1.83. The predicted molar refractivity (Wildman–Crippen MR) is 50.6 cm³/mol. The van der Waals surface area contributed by atoms with Crippen LogP contribution < -0.4 is 0 Å². The molecule has 0 radical (unpaired) electrons. The minimum atomic E-state index is 0.336. The van der Waals surface area contributed by atoms with Crippen LogP contribution in [0.1, 0.15) is 29.0 Å². The van der Waals surface area contributed by atoms with Gasteiger partial charge in [0, 0.05) is 21.6 Å². The molecule has 0 aromatic carbocycles. The fraction of sp³-hybridized carbons (Fsp3) is 0.500. The third-order valence-electron chi connectivity index (χ3n) is 2.44. The van der Waals surface area contributed by atoms with Gasteiger partial charge in [-0.1, -0.05) is 0 Å². The fourth-order valence-corrected chi connectivity index (χ4v) is 2.67. The molecule has 1 fully saturated rings. The molecule has 0 aliphatic heterocycles.